The third-order valence-corrected chi connectivity index (χ3v) is 6.05. The number of hydrogen-bond acceptors (Lipinski definition) is 6. The zero-order valence-corrected chi connectivity index (χ0v) is 17.0. The van der Waals surface area contributed by atoms with Crippen LogP contribution in [0.15, 0.2) is 60.2 Å². The second-order valence-corrected chi connectivity index (χ2v) is 8.84. The summed E-state index contributed by atoms with van der Waals surface area (Å²) >= 11 is 11.9. The average Bonchev–Trinajstić information content (AvgIpc) is 2.85. The molecule has 1 atom stereocenters. The number of ether oxygens (including phenoxy) is 1. The molecule has 2 aromatic rings. The number of carbonyl (C=O) groups is 1. The van der Waals surface area contributed by atoms with Crippen molar-refractivity contribution in [2.45, 2.75) is 10.0 Å². The lowest BCUT2D eigenvalue weighted by molar-refractivity contribution is -0.126. The lowest BCUT2D eigenvalue weighted by Gasteiger charge is -2.26. The molecular weight excluding hydrogens is 434 g/mol. The maximum absolute atomic E-state index is 12.9. The Morgan fingerprint density at radius 1 is 1.07 bits per heavy atom. The third-order valence-electron chi connectivity index (χ3n) is 4.16. The number of benzene rings is 2. The first-order chi connectivity index (χ1) is 13.4. The Hall–Kier alpha value is -2.03. The van der Waals surface area contributed by atoms with Gasteiger partial charge in [0.25, 0.3) is 0 Å². The van der Waals surface area contributed by atoms with Crippen LogP contribution in [-0.2, 0) is 33.9 Å². The molecule has 0 bridgehead atoms. The fraction of sp³-hybridized carbons (Fsp3) is 0.118. The van der Waals surface area contributed by atoms with Gasteiger partial charge in [0.2, 0.25) is 17.4 Å². The van der Waals surface area contributed by atoms with E-state index >= 15 is 0 Å². The highest BCUT2D eigenvalue weighted by molar-refractivity contribution is 7.90. The van der Waals surface area contributed by atoms with Gasteiger partial charge in [-0.05, 0) is 29.3 Å². The standard InChI is InChI=1S/C17H10B3Cl2NO5S/c18-16(10-6-11(21)8-12(22)7-10)14(24)13(15(23)27-16)28-29(25,26)17(19,20)9-4-2-1-3-5-9/h1-8H,23H2. The summed E-state index contributed by atoms with van der Waals surface area (Å²) in [5, 5.41) is 0.336. The fourth-order valence-electron chi connectivity index (χ4n) is 2.61. The molecule has 142 valence electrons. The molecule has 0 fully saturated rings. The van der Waals surface area contributed by atoms with Gasteiger partial charge in [-0.25, -0.2) is 0 Å². The van der Waals surface area contributed by atoms with Crippen LogP contribution in [0.25, 0.3) is 0 Å². The van der Waals surface area contributed by atoms with Crippen molar-refractivity contribution >= 4 is 62.6 Å². The van der Waals surface area contributed by atoms with Gasteiger partial charge in [0.05, 0.1) is 20.2 Å². The molecule has 0 aromatic heterocycles. The molecule has 6 radical (unpaired) electrons. The normalized spacial score (nSPS) is 19.9. The third kappa shape index (κ3) is 3.76. The van der Waals surface area contributed by atoms with Gasteiger partial charge in [-0.15, -0.1) is 0 Å². The highest BCUT2D eigenvalue weighted by Crippen LogP contribution is 2.39. The first-order valence-electron chi connectivity index (χ1n) is 7.95. The summed E-state index contributed by atoms with van der Waals surface area (Å²) in [4.78, 5) is 12.9. The molecule has 2 aromatic carbocycles. The first kappa shape index (κ1) is 21.7. The molecule has 1 aliphatic heterocycles. The zero-order chi connectivity index (χ0) is 21.6. The van der Waals surface area contributed by atoms with Crippen LogP contribution in [0.4, 0.5) is 0 Å². The Morgan fingerprint density at radius 3 is 2.17 bits per heavy atom. The van der Waals surface area contributed by atoms with Crippen molar-refractivity contribution in [3.8, 4) is 0 Å². The molecule has 0 spiro atoms. The van der Waals surface area contributed by atoms with Crippen molar-refractivity contribution in [2.24, 2.45) is 5.73 Å². The van der Waals surface area contributed by atoms with Crippen molar-refractivity contribution in [3.63, 3.8) is 0 Å². The number of Topliss-reactive ketones (excluding diaryl/α,β-unsaturated/α-hetero) is 1. The van der Waals surface area contributed by atoms with E-state index in [2.05, 4.69) is 0 Å². The van der Waals surface area contributed by atoms with Gasteiger partial charge in [-0.1, -0.05) is 53.5 Å². The zero-order valence-electron chi connectivity index (χ0n) is 14.6. The van der Waals surface area contributed by atoms with Crippen LogP contribution in [0.3, 0.4) is 0 Å². The Morgan fingerprint density at radius 2 is 1.62 bits per heavy atom. The second kappa shape index (κ2) is 7.34. The molecule has 1 heterocycles. The molecular formula is C17H10B3Cl2NO5S. The number of halogens is 2. The summed E-state index contributed by atoms with van der Waals surface area (Å²) in [7, 11) is 12.8. The van der Waals surface area contributed by atoms with Gasteiger partial charge < -0.3 is 14.7 Å². The van der Waals surface area contributed by atoms with Crippen molar-refractivity contribution in [1.82, 2.24) is 0 Å². The van der Waals surface area contributed by atoms with E-state index in [0.717, 1.165) is 0 Å². The summed E-state index contributed by atoms with van der Waals surface area (Å²) in [6.45, 7) is 0. The minimum atomic E-state index is -4.80. The highest BCUT2D eigenvalue weighted by atomic mass is 35.5. The van der Waals surface area contributed by atoms with E-state index in [1.165, 1.54) is 42.5 Å². The molecule has 12 heteroatoms. The van der Waals surface area contributed by atoms with E-state index in [-0.39, 0.29) is 21.2 Å². The number of rotatable bonds is 5. The van der Waals surface area contributed by atoms with Gasteiger partial charge in [0.1, 0.15) is 7.85 Å². The first-order valence-corrected chi connectivity index (χ1v) is 10.1. The average molecular weight is 444 g/mol. The van der Waals surface area contributed by atoms with Gasteiger partial charge in [0, 0.05) is 10.0 Å². The molecule has 0 saturated heterocycles. The number of nitrogens with two attached hydrogens (primary N) is 1. The number of carbonyl (C=O) groups excluding carboxylic acids is 1. The van der Waals surface area contributed by atoms with Crippen molar-refractivity contribution in [3.05, 3.63) is 81.3 Å². The number of hydrogen-bond donors (Lipinski definition) is 1. The minimum Gasteiger partial charge on any atom is -0.467 e. The van der Waals surface area contributed by atoms with Gasteiger partial charge >= 0.3 is 10.1 Å². The van der Waals surface area contributed by atoms with E-state index in [1.807, 2.05) is 0 Å². The fourth-order valence-corrected chi connectivity index (χ4v) is 4.07. The van der Waals surface area contributed by atoms with E-state index < -0.39 is 37.6 Å². The smallest absolute Gasteiger partial charge is 0.302 e. The minimum absolute atomic E-state index is 0.0196. The lowest BCUT2D eigenvalue weighted by Crippen LogP contribution is -2.40. The van der Waals surface area contributed by atoms with Crippen molar-refractivity contribution in [1.29, 1.82) is 0 Å². The van der Waals surface area contributed by atoms with Crippen LogP contribution in [0.1, 0.15) is 11.1 Å². The quantitative estimate of drug-likeness (QED) is 0.556. The molecule has 0 aliphatic carbocycles. The molecule has 29 heavy (non-hydrogen) atoms. The summed E-state index contributed by atoms with van der Waals surface area (Å²) in [5.41, 5.74) is 3.52. The molecule has 3 rings (SSSR count). The Labute approximate surface area is 181 Å². The monoisotopic (exact) mass is 443 g/mol. The summed E-state index contributed by atoms with van der Waals surface area (Å²) in [6.07, 6.45) is 0. The lowest BCUT2D eigenvalue weighted by atomic mass is 9.65. The Bertz CT molecular complexity index is 1100. The van der Waals surface area contributed by atoms with Gasteiger partial charge in [0.15, 0.2) is 5.50 Å². The second-order valence-electron chi connectivity index (χ2n) is 6.21. The Kier molecular flexibility index (Phi) is 5.49. The number of ketones is 1. The topological polar surface area (TPSA) is 95.7 Å². The highest BCUT2D eigenvalue weighted by Gasteiger charge is 2.50. The Balaban J connectivity index is 1.96. The summed E-state index contributed by atoms with van der Waals surface area (Å²) < 4.78 is 33.0. The van der Waals surface area contributed by atoms with Crippen LogP contribution >= 0.6 is 23.2 Å². The maximum Gasteiger partial charge on any atom is 0.302 e. The van der Waals surface area contributed by atoms with E-state index in [0.29, 0.717) is 0 Å². The molecule has 0 amide bonds. The van der Waals surface area contributed by atoms with Gasteiger partial charge in [-0.3, -0.25) is 4.79 Å². The SMILES string of the molecule is [B]C1(c2cc(Cl)cc(Cl)c2)OC(N)=C(OS(=O)(=O)C([B])([B])c2ccccc2)C1=O. The van der Waals surface area contributed by atoms with Crippen LogP contribution in [0, 0.1) is 0 Å². The van der Waals surface area contributed by atoms with E-state index in [1.54, 1.807) is 6.07 Å². The summed E-state index contributed by atoms with van der Waals surface area (Å²) in [6, 6.07) is 11.5. The van der Waals surface area contributed by atoms with Crippen molar-refractivity contribution < 1.29 is 22.1 Å². The van der Waals surface area contributed by atoms with Gasteiger partial charge in [-0.2, -0.15) is 8.42 Å². The van der Waals surface area contributed by atoms with Crippen LogP contribution in [-0.4, -0.2) is 37.7 Å². The van der Waals surface area contributed by atoms with E-state index in [9.17, 15) is 13.2 Å². The predicted molar refractivity (Wildman–Crippen MR) is 111 cm³/mol. The molecule has 1 aliphatic rings. The van der Waals surface area contributed by atoms with Crippen molar-refractivity contribution in [2.75, 3.05) is 0 Å². The largest absolute Gasteiger partial charge is 0.467 e. The van der Waals surface area contributed by atoms with Crippen LogP contribution in [0.2, 0.25) is 10.0 Å². The molecule has 2 N–H and O–H groups in total. The maximum atomic E-state index is 12.9. The molecule has 0 saturated carbocycles. The van der Waals surface area contributed by atoms with E-state index in [4.69, 9.17) is 61.4 Å². The molecule has 6 nitrogen and oxygen atoms in total. The van der Waals surface area contributed by atoms with Crippen LogP contribution < -0.4 is 5.73 Å². The van der Waals surface area contributed by atoms with Crippen LogP contribution in [0.5, 0.6) is 0 Å². The summed E-state index contributed by atoms with van der Waals surface area (Å²) in [5.74, 6) is -2.61. The predicted octanol–water partition coefficient (Wildman–Crippen LogP) is 1.54. The molecule has 1 unspecified atom stereocenters.